The average Bonchev–Trinajstić information content (AvgIpc) is 2.47. The van der Waals surface area contributed by atoms with Crippen LogP contribution < -0.4 is 15.4 Å². The number of thiocarbonyl (C=S) groups is 1. The van der Waals surface area contributed by atoms with E-state index < -0.39 is 0 Å². The molecule has 0 fully saturated rings. The largest absolute Gasteiger partial charge is 0.497 e. The van der Waals surface area contributed by atoms with Gasteiger partial charge in [-0.25, -0.2) is 4.39 Å². The molecule has 2 N–H and O–H groups in total. The predicted molar refractivity (Wildman–Crippen MR) is 87.2 cm³/mol. The van der Waals surface area contributed by atoms with Crippen molar-refractivity contribution in [3.8, 4) is 5.75 Å². The van der Waals surface area contributed by atoms with Crippen molar-refractivity contribution in [3.63, 3.8) is 0 Å². The van der Waals surface area contributed by atoms with E-state index in [-0.39, 0.29) is 11.9 Å². The number of anilines is 1. The lowest BCUT2D eigenvalue weighted by Gasteiger charge is -2.17. The molecular formula is C16H17FN2OS. The van der Waals surface area contributed by atoms with Gasteiger partial charge in [0.15, 0.2) is 5.11 Å². The average molecular weight is 304 g/mol. The van der Waals surface area contributed by atoms with Crippen LogP contribution in [0.2, 0.25) is 0 Å². The molecule has 3 nitrogen and oxygen atoms in total. The van der Waals surface area contributed by atoms with Crippen LogP contribution in [0.4, 0.5) is 10.1 Å². The van der Waals surface area contributed by atoms with E-state index in [2.05, 4.69) is 10.6 Å². The molecule has 0 aliphatic heterocycles. The SMILES string of the molecule is COc1cccc(NC(=S)N[C@H](C)c2ccc(F)cc2)c1. The number of methoxy groups -OCH3 is 1. The van der Waals surface area contributed by atoms with Gasteiger partial charge in [0, 0.05) is 11.8 Å². The van der Waals surface area contributed by atoms with Crippen LogP contribution in [0.15, 0.2) is 48.5 Å². The molecule has 0 saturated carbocycles. The van der Waals surface area contributed by atoms with Crippen LogP contribution in [0.25, 0.3) is 0 Å². The fourth-order valence-corrected chi connectivity index (χ4v) is 2.19. The third-order valence-electron chi connectivity index (χ3n) is 3.05. The Morgan fingerprint density at radius 1 is 1.19 bits per heavy atom. The number of benzene rings is 2. The summed E-state index contributed by atoms with van der Waals surface area (Å²) in [6, 6.07) is 13.8. The fourth-order valence-electron chi connectivity index (χ4n) is 1.90. The first-order chi connectivity index (χ1) is 10.1. The Labute approximate surface area is 129 Å². The standard InChI is InChI=1S/C16H17FN2OS/c1-11(12-6-8-13(17)9-7-12)18-16(21)19-14-4-3-5-15(10-14)20-2/h3-11H,1-2H3,(H2,18,19,21)/t11-/m1/s1. The van der Waals surface area contributed by atoms with Gasteiger partial charge in [0.05, 0.1) is 13.2 Å². The van der Waals surface area contributed by atoms with E-state index in [1.165, 1.54) is 12.1 Å². The Morgan fingerprint density at radius 3 is 2.57 bits per heavy atom. The summed E-state index contributed by atoms with van der Waals surface area (Å²) in [7, 11) is 1.62. The summed E-state index contributed by atoms with van der Waals surface area (Å²) < 4.78 is 18.1. The van der Waals surface area contributed by atoms with Gasteiger partial charge in [-0.1, -0.05) is 18.2 Å². The van der Waals surface area contributed by atoms with Gasteiger partial charge < -0.3 is 15.4 Å². The first kappa shape index (κ1) is 15.3. The van der Waals surface area contributed by atoms with Crippen molar-refractivity contribution in [1.29, 1.82) is 0 Å². The van der Waals surface area contributed by atoms with Gasteiger partial charge in [-0.05, 0) is 49.0 Å². The van der Waals surface area contributed by atoms with E-state index in [1.807, 2.05) is 31.2 Å². The zero-order valence-electron chi connectivity index (χ0n) is 11.9. The Hall–Kier alpha value is -2.14. The molecule has 0 aliphatic rings. The number of nitrogens with one attached hydrogen (secondary N) is 2. The first-order valence-corrected chi connectivity index (χ1v) is 6.96. The van der Waals surface area contributed by atoms with Gasteiger partial charge in [-0.3, -0.25) is 0 Å². The number of hydrogen-bond acceptors (Lipinski definition) is 2. The molecule has 0 radical (unpaired) electrons. The summed E-state index contributed by atoms with van der Waals surface area (Å²) in [5, 5.41) is 6.75. The van der Waals surface area contributed by atoms with E-state index in [9.17, 15) is 4.39 Å². The van der Waals surface area contributed by atoms with Crippen LogP contribution in [0.3, 0.4) is 0 Å². The zero-order valence-corrected chi connectivity index (χ0v) is 12.7. The fraction of sp³-hybridized carbons (Fsp3) is 0.188. The van der Waals surface area contributed by atoms with Crippen molar-refractivity contribution in [2.45, 2.75) is 13.0 Å². The van der Waals surface area contributed by atoms with E-state index in [4.69, 9.17) is 17.0 Å². The minimum atomic E-state index is -0.247. The molecule has 2 rings (SSSR count). The molecule has 0 aromatic heterocycles. The lowest BCUT2D eigenvalue weighted by molar-refractivity contribution is 0.415. The molecule has 0 bridgehead atoms. The molecular weight excluding hydrogens is 287 g/mol. The number of halogens is 1. The highest BCUT2D eigenvalue weighted by Gasteiger charge is 2.07. The van der Waals surface area contributed by atoms with Gasteiger partial charge >= 0.3 is 0 Å². The maximum atomic E-state index is 12.9. The highest BCUT2D eigenvalue weighted by molar-refractivity contribution is 7.80. The van der Waals surface area contributed by atoms with Crippen molar-refractivity contribution < 1.29 is 9.13 Å². The molecule has 2 aromatic carbocycles. The molecule has 21 heavy (non-hydrogen) atoms. The third kappa shape index (κ3) is 4.43. The monoisotopic (exact) mass is 304 g/mol. The maximum Gasteiger partial charge on any atom is 0.171 e. The van der Waals surface area contributed by atoms with Crippen molar-refractivity contribution in [2.75, 3.05) is 12.4 Å². The summed E-state index contributed by atoms with van der Waals surface area (Å²) in [6.45, 7) is 1.97. The smallest absolute Gasteiger partial charge is 0.171 e. The molecule has 110 valence electrons. The van der Waals surface area contributed by atoms with E-state index in [0.717, 1.165) is 17.0 Å². The maximum absolute atomic E-state index is 12.9. The molecule has 2 aromatic rings. The number of hydrogen-bond donors (Lipinski definition) is 2. The number of ether oxygens (including phenoxy) is 1. The van der Waals surface area contributed by atoms with Crippen LogP contribution >= 0.6 is 12.2 Å². The molecule has 1 atom stereocenters. The normalized spacial score (nSPS) is 11.6. The molecule has 0 spiro atoms. The number of rotatable bonds is 4. The highest BCUT2D eigenvalue weighted by Crippen LogP contribution is 2.17. The van der Waals surface area contributed by atoms with Gasteiger partial charge in [-0.2, -0.15) is 0 Å². The van der Waals surface area contributed by atoms with Gasteiger partial charge in [-0.15, -0.1) is 0 Å². The minimum absolute atomic E-state index is 0.0174. The summed E-state index contributed by atoms with van der Waals surface area (Å²) in [5.74, 6) is 0.511. The molecule has 0 amide bonds. The van der Waals surface area contributed by atoms with E-state index in [0.29, 0.717) is 5.11 Å². The molecule has 0 heterocycles. The van der Waals surface area contributed by atoms with Crippen molar-refractivity contribution in [3.05, 3.63) is 59.9 Å². The Balaban J connectivity index is 1.96. The van der Waals surface area contributed by atoms with Crippen LogP contribution in [0.5, 0.6) is 5.75 Å². The van der Waals surface area contributed by atoms with Gasteiger partial charge in [0.25, 0.3) is 0 Å². The lowest BCUT2D eigenvalue weighted by Crippen LogP contribution is -2.30. The Kier molecular flexibility index (Phi) is 5.11. The third-order valence-corrected chi connectivity index (χ3v) is 3.27. The summed E-state index contributed by atoms with van der Waals surface area (Å²) in [4.78, 5) is 0. The first-order valence-electron chi connectivity index (χ1n) is 6.55. The Bertz CT molecular complexity index is 616. The second-order valence-electron chi connectivity index (χ2n) is 4.60. The minimum Gasteiger partial charge on any atom is -0.497 e. The van der Waals surface area contributed by atoms with Crippen molar-refractivity contribution in [2.24, 2.45) is 0 Å². The topological polar surface area (TPSA) is 33.3 Å². The molecule has 0 aliphatic carbocycles. The Morgan fingerprint density at radius 2 is 1.90 bits per heavy atom. The van der Waals surface area contributed by atoms with Crippen LogP contribution in [0.1, 0.15) is 18.5 Å². The van der Waals surface area contributed by atoms with E-state index >= 15 is 0 Å². The summed E-state index contributed by atoms with van der Waals surface area (Å²) >= 11 is 5.28. The molecule has 0 saturated heterocycles. The predicted octanol–water partition coefficient (Wildman–Crippen LogP) is 3.88. The summed E-state index contributed by atoms with van der Waals surface area (Å²) in [5.41, 5.74) is 1.81. The van der Waals surface area contributed by atoms with Gasteiger partial charge in [0.1, 0.15) is 11.6 Å². The van der Waals surface area contributed by atoms with E-state index in [1.54, 1.807) is 19.2 Å². The van der Waals surface area contributed by atoms with Crippen LogP contribution in [0, 0.1) is 5.82 Å². The second-order valence-corrected chi connectivity index (χ2v) is 5.01. The van der Waals surface area contributed by atoms with Gasteiger partial charge in [0.2, 0.25) is 0 Å². The zero-order chi connectivity index (χ0) is 15.2. The lowest BCUT2D eigenvalue weighted by atomic mass is 10.1. The van der Waals surface area contributed by atoms with Crippen LogP contribution in [-0.4, -0.2) is 12.2 Å². The molecule has 0 unspecified atom stereocenters. The quantitative estimate of drug-likeness (QED) is 0.840. The van der Waals surface area contributed by atoms with Crippen molar-refractivity contribution in [1.82, 2.24) is 5.32 Å². The van der Waals surface area contributed by atoms with Crippen LogP contribution in [-0.2, 0) is 0 Å². The molecule has 5 heteroatoms. The second kappa shape index (κ2) is 7.04. The van der Waals surface area contributed by atoms with Crippen molar-refractivity contribution >= 4 is 23.0 Å². The summed E-state index contributed by atoms with van der Waals surface area (Å²) in [6.07, 6.45) is 0. The highest BCUT2D eigenvalue weighted by atomic mass is 32.1.